The summed E-state index contributed by atoms with van der Waals surface area (Å²) in [7, 11) is -3.84. The maximum absolute atomic E-state index is 11.3. The zero-order chi connectivity index (χ0) is 13.1. The number of hydrogen-bond acceptors (Lipinski definition) is 4. The summed E-state index contributed by atoms with van der Waals surface area (Å²) in [5.41, 5.74) is -0.175. The maximum Gasteiger partial charge on any atom is 0.335 e. The van der Waals surface area contributed by atoms with Crippen molar-refractivity contribution >= 4 is 33.3 Å². The van der Waals surface area contributed by atoms with Gasteiger partial charge >= 0.3 is 5.97 Å². The first-order valence-corrected chi connectivity index (χ1v) is 6.29. The normalized spacial score (nSPS) is 10.6. The third kappa shape index (κ3) is 3.62. The number of benzene rings is 1. The first-order valence-electron chi connectivity index (χ1n) is 4.26. The highest BCUT2D eigenvalue weighted by Crippen LogP contribution is 2.24. The second-order valence-electron chi connectivity index (χ2n) is 3.02. The van der Waals surface area contributed by atoms with Gasteiger partial charge in [-0.05, 0) is 18.2 Å². The molecule has 90 valence electrons. The number of carboxylic acid groups (broad SMARTS) is 1. The minimum Gasteiger partial charge on any atom is -0.478 e. The van der Waals surface area contributed by atoms with Gasteiger partial charge in [0.1, 0.15) is 0 Å². The summed E-state index contributed by atoms with van der Waals surface area (Å²) in [5, 5.41) is 17.1. The average molecular weight is 275 g/mol. The molecule has 0 aromatic heterocycles. The summed E-state index contributed by atoms with van der Waals surface area (Å²) in [4.78, 5) is 10.7. The van der Waals surface area contributed by atoms with E-state index in [2.05, 4.69) is 0 Å². The van der Waals surface area contributed by atoms with Gasteiger partial charge in [0.2, 0.25) is 10.0 Å². The monoisotopic (exact) mass is 274 g/mol. The molecule has 0 heterocycles. The molecular weight excluding hydrogens is 268 g/mol. The predicted octanol–water partition coefficient (Wildman–Crippen LogP) is 1.30. The molecule has 0 aliphatic rings. The second-order valence-corrected chi connectivity index (χ2v) is 5.15. The molecule has 0 spiro atoms. The van der Waals surface area contributed by atoms with Crippen LogP contribution in [0.15, 0.2) is 18.2 Å². The molecule has 0 fully saturated rings. The van der Waals surface area contributed by atoms with Crippen LogP contribution in [-0.4, -0.2) is 25.2 Å². The van der Waals surface area contributed by atoms with Crippen LogP contribution in [0, 0.1) is 11.3 Å². The molecule has 2 N–H and O–H groups in total. The van der Waals surface area contributed by atoms with Gasteiger partial charge in [0.15, 0.2) is 5.75 Å². The Labute approximate surface area is 102 Å². The van der Waals surface area contributed by atoms with Crippen LogP contribution >= 0.6 is 11.6 Å². The fourth-order valence-electron chi connectivity index (χ4n) is 1.03. The predicted molar refractivity (Wildman–Crippen MR) is 61.4 cm³/mol. The number of carboxylic acids is 1. The number of nitrogens with one attached hydrogen (secondary N) is 1. The lowest BCUT2D eigenvalue weighted by Crippen LogP contribution is -2.16. The van der Waals surface area contributed by atoms with Gasteiger partial charge in [-0.15, -0.1) is 0 Å². The SMILES string of the molecule is N#CCS(=O)(=O)Nc1cc(C(=O)O)ccc1Cl. The average Bonchev–Trinajstić information content (AvgIpc) is 2.20. The highest BCUT2D eigenvalue weighted by Gasteiger charge is 2.14. The first-order chi connectivity index (χ1) is 7.85. The number of nitrogens with zero attached hydrogens (tertiary/aromatic N) is 1. The Balaban J connectivity index is 3.11. The molecule has 0 amide bonds. The van der Waals surface area contributed by atoms with Crippen LogP contribution in [-0.2, 0) is 10.0 Å². The Morgan fingerprint density at radius 3 is 2.71 bits per heavy atom. The highest BCUT2D eigenvalue weighted by atomic mass is 35.5. The number of carbonyl (C=O) groups is 1. The Morgan fingerprint density at radius 1 is 1.53 bits per heavy atom. The van der Waals surface area contributed by atoms with Gasteiger partial charge in [0, 0.05) is 0 Å². The van der Waals surface area contributed by atoms with Crippen LogP contribution in [0.4, 0.5) is 5.69 Å². The molecule has 0 aliphatic carbocycles. The van der Waals surface area contributed by atoms with Crippen molar-refractivity contribution in [2.75, 3.05) is 10.5 Å². The molecule has 1 aromatic rings. The van der Waals surface area contributed by atoms with Crippen molar-refractivity contribution in [3.8, 4) is 6.07 Å². The molecule has 0 saturated heterocycles. The second kappa shape index (κ2) is 5.03. The van der Waals surface area contributed by atoms with E-state index in [1.54, 1.807) is 0 Å². The number of hydrogen-bond donors (Lipinski definition) is 2. The van der Waals surface area contributed by atoms with E-state index in [9.17, 15) is 13.2 Å². The molecule has 0 radical (unpaired) electrons. The van der Waals surface area contributed by atoms with Crippen molar-refractivity contribution < 1.29 is 18.3 Å². The molecule has 0 atom stereocenters. The lowest BCUT2D eigenvalue weighted by molar-refractivity contribution is 0.0697. The largest absolute Gasteiger partial charge is 0.478 e. The molecule has 0 unspecified atom stereocenters. The maximum atomic E-state index is 11.3. The minimum atomic E-state index is -3.84. The van der Waals surface area contributed by atoms with E-state index in [1.165, 1.54) is 18.2 Å². The van der Waals surface area contributed by atoms with Crippen LogP contribution in [0.3, 0.4) is 0 Å². The standard InChI is InChI=1S/C9H7ClN2O4S/c10-7-2-1-6(9(13)14)5-8(7)12-17(15,16)4-3-11/h1-2,5,12H,4H2,(H,13,14). The van der Waals surface area contributed by atoms with Crippen LogP contribution < -0.4 is 4.72 Å². The lowest BCUT2D eigenvalue weighted by atomic mass is 10.2. The molecule has 0 aliphatic heterocycles. The lowest BCUT2D eigenvalue weighted by Gasteiger charge is -2.07. The summed E-state index contributed by atoms with van der Waals surface area (Å²) in [6.45, 7) is 0. The van der Waals surface area contributed by atoms with Gasteiger partial charge in [-0.25, -0.2) is 13.2 Å². The molecule has 8 heteroatoms. The Bertz CT molecular complexity index is 592. The van der Waals surface area contributed by atoms with Gasteiger partial charge in [-0.3, -0.25) is 4.72 Å². The van der Waals surface area contributed by atoms with Crippen molar-refractivity contribution in [3.05, 3.63) is 28.8 Å². The van der Waals surface area contributed by atoms with Crippen molar-refractivity contribution in [3.63, 3.8) is 0 Å². The molecular formula is C9H7ClN2O4S. The van der Waals surface area contributed by atoms with Crippen molar-refractivity contribution in [2.24, 2.45) is 0 Å². The van der Waals surface area contributed by atoms with Crippen molar-refractivity contribution in [1.29, 1.82) is 5.26 Å². The summed E-state index contributed by atoms with van der Waals surface area (Å²) < 4.78 is 24.6. The van der Waals surface area contributed by atoms with E-state index in [0.29, 0.717) is 0 Å². The zero-order valence-corrected chi connectivity index (χ0v) is 9.92. The van der Waals surface area contributed by atoms with Gasteiger partial charge in [0.25, 0.3) is 0 Å². The number of anilines is 1. The van der Waals surface area contributed by atoms with Crippen LogP contribution in [0.25, 0.3) is 0 Å². The van der Waals surface area contributed by atoms with Gasteiger partial charge in [0.05, 0.1) is 22.3 Å². The number of halogens is 1. The van der Waals surface area contributed by atoms with Crippen LogP contribution in [0.2, 0.25) is 5.02 Å². The van der Waals surface area contributed by atoms with Crippen LogP contribution in [0.5, 0.6) is 0 Å². The minimum absolute atomic E-state index is 0.0523. The quantitative estimate of drug-likeness (QED) is 0.860. The Morgan fingerprint density at radius 2 is 2.18 bits per heavy atom. The molecule has 0 saturated carbocycles. The van der Waals surface area contributed by atoms with Crippen molar-refractivity contribution in [1.82, 2.24) is 0 Å². The third-order valence-electron chi connectivity index (χ3n) is 1.73. The smallest absolute Gasteiger partial charge is 0.335 e. The fraction of sp³-hybridized carbons (Fsp3) is 0.111. The molecule has 1 aromatic carbocycles. The summed E-state index contributed by atoms with van der Waals surface area (Å²) >= 11 is 5.70. The van der Waals surface area contributed by atoms with E-state index in [1.807, 2.05) is 4.72 Å². The number of nitriles is 1. The Kier molecular flexibility index (Phi) is 3.93. The Hall–Kier alpha value is -1.78. The number of rotatable bonds is 4. The molecule has 17 heavy (non-hydrogen) atoms. The van der Waals surface area contributed by atoms with E-state index in [-0.39, 0.29) is 16.3 Å². The van der Waals surface area contributed by atoms with Crippen LogP contribution in [0.1, 0.15) is 10.4 Å². The molecule has 0 bridgehead atoms. The third-order valence-corrected chi connectivity index (χ3v) is 3.10. The van der Waals surface area contributed by atoms with E-state index in [0.717, 1.165) is 6.07 Å². The van der Waals surface area contributed by atoms with Gasteiger partial charge in [-0.2, -0.15) is 5.26 Å². The van der Waals surface area contributed by atoms with Gasteiger partial charge in [-0.1, -0.05) is 11.6 Å². The van der Waals surface area contributed by atoms with E-state index >= 15 is 0 Å². The van der Waals surface area contributed by atoms with E-state index in [4.69, 9.17) is 22.0 Å². The summed E-state index contributed by atoms with van der Waals surface area (Å²) in [5.74, 6) is -1.94. The first kappa shape index (κ1) is 13.3. The summed E-state index contributed by atoms with van der Waals surface area (Å²) in [6.07, 6.45) is 0. The van der Waals surface area contributed by atoms with E-state index < -0.39 is 21.7 Å². The van der Waals surface area contributed by atoms with Gasteiger partial charge < -0.3 is 5.11 Å². The number of aromatic carboxylic acids is 1. The highest BCUT2D eigenvalue weighted by molar-refractivity contribution is 7.92. The molecule has 1 rings (SSSR count). The topological polar surface area (TPSA) is 107 Å². The number of sulfonamides is 1. The van der Waals surface area contributed by atoms with Crippen molar-refractivity contribution in [2.45, 2.75) is 0 Å². The molecule has 6 nitrogen and oxygen atoms in total. The summed E-state index contributed by atoms with van der Waals surface area (Å²) in [6, 6.07) is 5.06. The fourth-order valence-corrected chi connectivity index (χ4v) is 1.99. The zero-order valence-electron chi connectivity index (χ0n) is 8.34.